The van der Waals surface area contributed by atoms with E-state index in [9.17, 15) is 5.21 Å². The van der Waals surface area contributed by atoms with Gasteiger partial charge in [-0.25, -0.2) is 4.76 Å². The number of hydrogen-bond donors (Lipinski definition) is 1. The summed E-state index contributed by atoms with van der Waals surface area (Å²) < 4.78 is -0.681. The molecular weight excluding hydrogens is 224 g/mol. The van der Waals surface area contributed by atoms with Crippen LogP contribution in [0.3, 0.4) is 0 Å². The third-order valence-corrected chi connectivity index (χ3v) is 3.34. The third kappa shape index (κ3) is 2.38. The molecule has 1 aromatic rings. The van der Waals surface area contributed by atoms with Crippen LogP contribution in [0.1, 0.15) is 11.8 Å². The summed E-state index contributed by atoms with van der Waals surface area (Å²) >= 11 is 1.64. The Hall–Kier alpha value is -1.01. The first-order valence-electron chi connectivity index (χ1n) is 5.13. The van der Waals surface area contributed by atoms with E-state index < -0.39 is 4.76 Å². The van der Waals surface area contributed by atoms with Gasteiger partial charge in [-0.15, -0.1) is 11.3 Å². The van der Waals surface area contributed by atoms with Crippen LogP contribution in [0.5, 0.6) is 0 Å². The molecule has 0 saturated heterocycles. The van der Waals surface area contributed by atoms with E-state index in [0.717, 1.165) is 16.2 Å². The first kappa shape index (κ1) is 11.5. The molecule has 1 N–H and O–H groups in total. The van der Waals surface area contributed by atoms with Crippen molar-refractivity contribution < 1.29 is 9.86 Å². The maximum absolute atomic E-state index is 12.0. The van der Waals surface area contributed by atoms with Crippen LogP contribution in [0.4, 0.5) is 0 Å². The van der Waals surface area contributed by atoms with Crippen LogP contribution >= 0.6 is 11.3 Å². The van der Waals surface area contributed by atoms with Crippen LogP contribution in [0, 0.1) is 5.21 Å². The average molecular weight is 238 g/mol. The number of aliphatic hydroxyl groups is 1. The van der Waals surface area contributed by atoms with Crippen molar-refractivity contribution in [3.05, 3.63) is 33.2 Å². The standard InChI is InChI=1S/C11H14N2O2S/c1-9-10(7-11-3-2-6-16-11)8-13(15,12-9)4-5-14/h2-3,6-7,14H,4-5,8H2,1H3/b10-7-. The van der Waals surface area contributed by atoms with Crippen molar-refractivity contribution in [3.8, 4) is 0 Å². The third-order valence-electron chi connectivity index (χ3n) is 2.52. The Labute approximate surface area is 98.3 Å². The van der Waals surface area contributed by atoms with Crippen LogP contribution in [0.25, 0.3) is 6.08 Å². The molecule has 16 heavy (non-hydrogen) atoms. The molecule has 2 heterocycles. The molecule has 1 atom stereocenters. The van der Waals surface area contributed by atoms with Gasteiger partial charge < -0.3 is 10.3 Å². The van der Waals surface area contributed by atoms with Gasteiger partial charge in [0.15, 0.2) is 0 Å². The Bertz CT molecular complexity index is 425. The van der Waals surface area contributed by atoms with Crippen molar-refractivity contribution >= 4 is 23.1 Å². The van der Waals surface area contributed by atoms with E-state index in [0.29, 0.717) is 6.54 Å². The lowest BCUT2D eigenvalue weighted by atomic mass is 10.1. The lowest BCUT2D eigenvalue weighted by molar-refractivity contribution is -0.878. The second-order valence-electron chi connectivity index (χ2n) is 3.82. The molecule has 0 aliphatic carbocycles. The molecular formula is C11H14N2O2S. The smallest absolute Gasteiger partial charge is 0.130 e. The topological polar surface area (TPSA) is 55.7 Å². The normalized spacial score (nSPS) is 27.4. The number of thiophene rings is 1. The molecule has 1 aliphatic rings. The van der Waals surface area contributed by atoms with Gasteiger partial charge >= 0.3 is 0 Å². The van der Waals surface area contributed by atoms with Gasteiger partial charge in [-0.05, 0) is 24.4 Å². The van der Waals surface area contributed by atoms with Crippen molar-refractivity contribution in [2.75, 3.05) is 19.7 Å². The van der Waals surface area contributed by atoms with E-state index in [1.807, 2.05) is 30.5 Å². The van der Waals surface area contributed by atoms with Crippen LogP contribution in [0.2, 0.25) is 0 Å². The van der Waals surface area contributed by atoms with Crippen molar-refractivity contribution in [1.29, 1.82) is 0 Å². The highest BCUT2D eigenvalue weighted by atomic mass is 32.1. The minimum Gasteiger partial charge on any atom is -0.604 e. The van der Waals surface area contributed by atoms with Crippen LogP contribution in [-0.2, 0) is 0 Å². The fourth-order valence-electron chi connectivity index (χ4n) is 1.73. The van der Waals surface area contributed by atoms with Gasteiger partial charge in [0.25, 0.3) is 0 Å². The fourth-order valence-corrected chi connectivity index (χ4v) is 2.42. The maximum Gasteiger partial charge on any atom is 0.130 e. The molecule has 0 amide bonds. The molecule has 5 heteroatoms. The molecule has 86 valence electrons. The lowest BCUT2D eigenvalue weighted by Gasteiger charge is -2.31. The summed E-state index contributed by atoms with van der Waals surface area (Å²) in [7, 11) is 0. The zero-order valence-electron chi connectivity index (χ0n) is 9.09. The number of rotatable bonds is 3. The molecule has 0 aromatic carbocycles. The summed E-state index contributed by atoms with van der Waals surface area (Å²) in [6, 6.07) is 3.99. The van der Waals surface area contributed by atoms with E-state index in [4.69, 9.17) is 5.11 Å². The lowest BCUT2D eigenvalue weighted by Crippen LogP contribution is -2.37. The van der Waals surface area contributed by atoms with Gasteiger partial charge in [-0.1, -0.05) is 11.2 Å². The molecule has 0 fully saturated rings. The molecule has 0 saturated carbocycles. The predicted molar refractivity (Wildman–Crippen MR) is 65.9 cm³/mol. The van der Waals surface area contributed by atoms with Gasteiger partial charge in [0, 0.05) is 10.5 Å². The van der Waals surface area contributed by atoms with Crippen molar-refractivity contribution in [1.82, 2.24) is 0 Å². The Morgan fingerprint density at radius 2 is 2.50 bits per heavy atom. The number of quaternary nitrogens is 1. The van der Waals surface area contributed by atoms with Gasteiger partial charge in [-0.2, -0.15) is 0 Å². The van der Waals surface area contributed by atoms with E-state index in [2.05, 4.69) is 5.10 Å². The molecule has 0 radical (unpaired) electrons. The Morgan fingerprint density at radius 1 is 1.69 bits per heavy atom. The number of hydrogen-bond acceptors (Lipinski definition) is 4. The second kappa shape index (κ2) is 4.47. The van der Waals surface area contributed by atoms with Crippen molar-refractivity contribution in [3.63, 3.8) is 0 Å². The summed E-state index contributed by atoms with van der Waals surface area (Å²) in [5.41, 5.74) is 1.74. The molecule has 4 nitrogen and oxygen atoms in total. The molecule has 1 unspecified atom stereocenters. The van der Waals surface area contributed by atoms with E-state index in [1.165, 1.54) is 0 Å². The Kier molecular flexibility index (Phi) is 3.20. The maximum atomic E-state index is 12.0. The van der Waals surface area contributed by atoms with Crippen LogP contribution in [-0.4, -0.2) is 35.3 Å². The van der Waals surface area contributed by atoms with Gasteiger partial charge in [0.05, 0.1) is 6.61 Å². The Morgan fingerprint density at radius 3 is 3.12 bits per heavy atom. The summed E-state index contributed by atoms with van der Waals surface area (Å²) in [6.07, 6.45) is 2.00. The fraction of sp³-hybridized carbons (Fsp3) is 0.364. The number of aliphatic hydroxyl groups excluding tert-OH is 1. The number of hydroxylamine groups is 2. The van der Waals surface area contributed by atoms with Crippen molar-refractivity contribution in [2.45, 2.75) is 6.92 Å². The molecule has 2 rings (SSSR count). The summed E-state index contributed by atoms with van der Waals surface area (Å²) in [5, 5.41) is 26.9. The zero-order valence-corrected chi connectivity index (χ0v) is 9.91. The minimum absolute atomic E-state index is 0.124. The molecule has 1 aromatic heterocycles. The van der Waals surface area contributed by atoms with E-state index >= 15 is 0 Å². The SMILES string of the molecule is CC1=N[N+]([O-])(CCO)C/C1=C/c1cccs1. The summed E-state index contributed by atoms with van der Waals surface area (Å²) in [4.78, 5) is 1.13. The zero-order chi connectivity index (χ0) is 11.6. The molecule has 0 bridgehead atoms. The van der Waals surface area contributed by atoms with Gasteiger partial charge in [-0.3, -0.25) is 0 Å². The average Bonchev–Trinajstić information content (AvgIpc) is 2.77. The molecule has 1 aliphatic heterocycles. The summed E-state index contributed by atoms with van der Waals surface area (Å²) in [5.74, 6) is 0. The van der Waals surface area contributed by atoms with E-state index in [-0.39, 0.29) is 13.2 Å². The van der Waals surface area contributed by atoms with E-state index in [1.54, 1.807) is 11.3 Å². The highest BCUT2D eigenvalue weighted by Crippen LogP contribution is 2.23. The predicted octanol–water partition coefficient (Wildman–Crippen LogP) is 1.83. The Balaban J connectivity index is 2.19. The summed E-state index contributed by atoms with van der Waals surface area (Å²) in [6.45, 7) is 2.16. The highest BCUT2D eigenvalue weighted by molar-refractivity contribution is 7.10. The van der Waals surface area contributed by atoms with Gasteiger partial charge in [0.2, 0.25) is 0 Å². The highest BCUT2D eigenvalue weighted by Gasteiger charge is 2.27. The quantitative estimate of drug-likeness (QED) is 0.645. The monoisotopic (exact) mass is 238 g/mol. The number of nitrogens with zero attached hydrogens (tertiary/aromatic N) is 2. The largest absolute Gasteiger partial charge is 0.604 e. The van der Waals surface area contributed by atoms with Crippen LogP contribution in [0.15, 0.2) is 28.2 Å². The first-order chi connectivity index (χ1) is 7.63. The first-order valence-corrected chi connectivity index (χ1v) is 6.01. The van der Waals surface area contributed by atoms with Crippen molar-refractivity contribution in [2.24, 2.45) is 5.10 Å². The molecule has 0 spiro atoms. The van der Waals surface area contributed by atoms with Gasteiger partial charge in [0.1, 0.15) is 18.8 Å². The minimum atomic E-state index is -0.681. The van der Waals surface area contributed by atoms with Crippen LogP contribution < -0.4 is 0 Å². The second-order valence-corrected chi connectivity index (χ2v) is 4.80.